The summed E-state index contributed by atoms with van der Waals surface area (Å²) in [6.45, 7) is 3.87. The van der Waals surface area contributed by atoms with Crippen LogP contribution in [0, 0.1) is 13.8 Å². The van der Waals surface area contributed by atoms with Gasteiger partial charge >= 0.3 is 5.97 Å². The maximum atomic E-state index is 12.0. The number of carboxylic acids is 1. The Labute approximate surface area is 176 Å². The summed E-state index contributed by atoms with van der Waals surface area (Å²) in [5.74, 6) is -1.03. The van der Waals surface area contributed by atoms with E-state index < -0.39 is 23.0 Å². The number of aryl methyl sites for hydroxylation is 2. The van der Waals surface area contributed by atoms with Crippen molar-refractivity contribution in [2.45, 2.75) is 13.8 Å². The zero-order valence-electron chi connectivity index (χ0n) is 16.6. The molecule has 0 aromatic heterocycles. The second-order valence-electron chi connectivity index (χ2n) is 6.71. The summed E-state index contributed by atoms with van der Waals surface area (Å²) in [5.41, 5.74) is 3.75. The first-order chi connectivity index (χ1) is 14.2. The number of anilines is 2. The second-order valence-corrected chi connectivity index (χ2v) is 7.51. The van der Waals surface area contributed by atoms with Crippen molar-refractivity contribution in [2.24, 2.45) is 0 Å². The molecule has 0 bridgehead atoms. The summed E-state index contributed by atoms with van der Waals surface area (Å²) in [4.78, 5) is 11.1. The molecular weight excluding hydrogens is 406 g/mol. The van der Waals surface area contributed by atoms with Crippen LogP contribution in [0.15, 0.2) is 54.6 Å². The Morgan fingerprint density at radius 2 is 1.63 bits per heavy atom. The first-order valence-corrected chi connectivity index (χ1v) is 9.97. The molecule has 3 aromatic rings. The molecule has 3 aromatic carbocycles. The van der Waals surface area contributed by atoms with Crippen molar-refractivity contribution in [1.29, 1.82) is 0 Å². The second kappa shape index (κ2) is 8.56. The molecular formula is C22H20NO6S-. The Morgan fingerprint density at radius 3 is 2.17 bits per heavy atom. The van der Waals surface area contributed by atoms with Gasteiger partial charge in [0.15, 0.2) is 0 Å². The fraction of sp³-hybridized carbons (Fsp3) is 0.136. The van der Waals surface area contributed by atoms with Crippen molar-refractivity contribution in [1.82, 2.24) is 0 Å². The van der Waals surface area contributed by atoms with Crippen molar-refractivity contribution < 1.29 is 28.5 Å². The van der Waals surface area contributed by atoms with Crippen LogP contribution in [-0.2, 0) is 11.3 Å². The van der Waals surface area contributed by atoms with Gasteiger partial charge in [-0.1, -0.05) is 12.1 Å². The molecule has 30 heavy (non-hydrogen) atoms. The van der Waals surface area contributed by atoms with Crippen LogP contribution in [0.5, 0.6) is 11.5 Å². The van der Waals surface area contributed by atoms with Gasteiger partial charge < -0.3 is 19.5 Å². The predicted molar refractivity (Wildman–Crippen MR) is 114 cm³/mol. The van der Waals surface area contributed by atoms with Crippen molar-refractivity contribution in [3.63, 3.8) is 0 Å². The third kappa shape index (κ3) is 4.14. The lowest BCUT2D eigenvalue weighted by atomic mass is 9.99. The van der Waals surface area contributed by atoms with E-state index >= 15 is 0 Å². The molecule has 0 aliphatic carbocycles. The number of ether oxygens (including phenoxy) is 1. The Morgan fingerprint density at radius 1 is 1.00 bits per heavy atom. The normalized spacial score (nSPS) is 11.7. The van der Waals surface area contributed by atoms with E-state index in [0.717, 1.165) is 44.4 Å². The fourth-order valence-corrected chi connectivity index (χ4v) is 3.97. The first-order valence-electron chi connectivity index (χ1n) is 8.94. The Balaban J connectivity index is 2.08. The van der Waals surface area contributed by atoms with Gasteiger partial charge in [0, 0.05) is 6.07 Å². The van der Waals surface area contributed by atoms with E-state index in [4.69, 9.17) is 9.84 Å². The highest BCUT2D eigenvalue weighted by Crippen LogP contribution is 2.35. The molecule has 0 heterocycles. The molecule has 0 aliphatic rings. The monoisotopic (exact) mass is 426 g/mol. The predicted octanol–water partition coefficient (Wildman–Crippen LogP) is 4.32. The highest BCUT2D eigenvalue weighted by atomic mass is 32.2. The lowest BCUT2D eigenvalue weighted by Crippen LogP contribution is -2.19. The van der Waals surface area contributed by atoms with E-state index in [1.54, 1.807) is 25.3 Å². The van der Waals surface area contributed by atoms with Gasteiger partial charge in [-0.15, -0.1) is 0 Å². The number of benzene rings is 3. The number of hydrogen-bond acceptors (Lipinski definition) is 5. The number of carboxylic acid groups (broad SMARTS) is 1. The Hall–Kier alpha value is -3.36. The molecule has 7 nitrogen and oxygen atoms in total. The Kier molecular flexibility index (Phi) is 6.09. The van der Waals surface area contributed by atoms with Crippen LogP contribution >= 0.6 is 0 Å². The SMILES string of the molecule is COc1c(C)cc(-c2cccc(N(c3ccc(C(=O)O)c(O)c3)S(=O)[O-])c2)cc1C. The van der Waals surface area contributed by atoms with E-state index in [1.165, 1.54) is 6.07 Å². The third-order valence-corrected chi connectivity index (χ3v) is 5.39. The lowest BCUT2D eigenvalue weighted by Gasteiger charge is -2.27. The van der Waals surface area contributed by atoms with Crippen molar-refractivity contribution in [3.8, 4) is 22.6 Å². The summed E-state index contributed by atoms with van der Waals surface area (Å²) in [6, 6.07) is 14.4. The van der Waals surface area contributed by atoms with Crippen molar-refractivity contribution in [2.75, 3.05) is 11.4 Å². The molecule has 1 unspecified atom stereocenters. The summed E-state index contributed by atoms with van der Waals surface area (Å²) < 4.78 is 30.3. The van der Waals surface area contributed by atoms with Gasteiger partial charge in [-0.3, -0.25) is 8.51 Å². The van der Waals surface area contributed by atoms with Gasteiger partial charge in [0.2, 0.25) is 0 Å². The molecule has 8 heteroatoms. The minimum atomic E-state index is -2.70. The topological polar surface area (TPSA) is 110 Å². The third-order valence-electron chi connectivity index (χ3n) is 4.67. The molecule has 156 valence electrons. The fourth-order valence-electron chi connectivity index (χ4n) is 3.40. The van der Waals surface area contributed by atoms with Crippen LogP contribution in [0.1, 0.15) is 21.5 Å². The van der Waals surface area contributed by atoms with E-state index in [-0.39, 0.29) is 11.3 Å². The van der Waals surface area contributed by atoms with Gasteiger partial charge in [-0.2, -0.15) is 0 Å². The molecule has 0 fully saturated rings. The molecule has 2 N–H and O–H groups in total. The summed E-state index contributed by atoms with van der Waals surface area (Å²) in [7, 11) is 1.61. The number of nitrogens with zero attached hydrogens (tertiary/aromatic N) is 1. The number of hydrogen-bond donors (Lipinski definition) is 2. The molecule has 0 radical (unpaired) electrons. The number of rotatable bonds is 6. The van der Waals surface area contributed by atoms with Gasteiger partial charge in [-0.05, 0) is 72.5 Å². The van der Waals surface area contributed by atoms with Crippen LogP contribution in [0.2, 0.25) is 0 Å². The van der Waals surface area contributed by atoms with E-state index in [2.05, 4.69) is 0 Å². The van der Waals surface area contributed by atoms with E-state index in [0.29, 0.717) is 5.69 Å². The molecule has 0 saturated heterocycles. The maximum absolute atomic E-state index is 12.0. The zero-order chi connectivity index (χ0) is 22.0. The molecule has 0 amide bonds. The standard InChI is InChI=1S/C22H21NO6S/c1-13-9-16(10-14(2)21(13)29-3)15-5-4-6-17(11-15)23(30(27)28)18-7-8-19(22(25)26)20(24)12-18/h4-12,24H,1-3H3,(H,25,26)(H,27,28)/p-1. The smallest absolute Gasteiger partial charge is 0.339 e. The lowest BCUT2D eigenvalue weighted by molar-refractivity contribution is 0.0693. The molecule has 3 rings (SSSR count). The van der Waals surface area contributed by atoms with Gasteiger partial charge in [0.1, 0.15) is 17.1 Å². The van der Waals surface area contributed by atoms with Crippen LogP contribution < -0.4 is 9.04 Å². The number of carbonyl (C=O) groups is 1. The molecule has 0 aliphatic heterocycles. The molecule has 1 atom stereocenters. The Bertz CT molecular complexity index is 1120. The quantitative estimate of drug-likeness (QED) is 0.568. The van der Waals surface area contributed by atoms with Gasteiger partial charge in [-0.25, -0.2) is 4.79 Å². The number of aromatic carboxylic acids is 1. The average molecular weight is 426 g/mol. The highest BCUT2D eigenvalue weighted by molar-refractivity contribution is 7.81. The van der Waals surface area contributed by atoms with Crippen LogP contribution in [0.4, 0.5) is 11.4 Å². The average Bonchev–Trinajstić information content (AvgIpc) is 2.67. The van der Waals surface area contributed by atoms with E-state index in [1.807, 2.05) is 32.0 Å². The number of phenols is 1. The maximum Gasteiger partial charge on any atom is 0.339 e. The van der Waals surface area contributed by atoms with Gasteiger partial charge in [0.25, 0.3) is 0 Å². The number of aromatic hydroxyl groups is 1. The summed E-state index contributed by atoms with van der Waals surface area (Å²) >= 11 is -2.70. The van der Waals surface area contributed by atoms with Crippen molar-refractivity contribution in [3.05, 3.63) is 71.3 Å². The molecule has 0 spiro atoms. The summed E-state index contributed by atoms with van der Waals surface area (Å²) in [6.07, 6.45) is 0. The zero-order valence-corrected chi connectivity index (χ0v) is 17.4. The van der Waals surface area contributed by atoms with Crippen molar-refractivity contribution >= 4 is 28.6 Å². The number of methoxy groups -OCH3 is 1. The van der Waals surface area contributed by atoms with Crippen LogP contribution in [-0.4, -0.2) is 32.1 Å². The highest BCUT2D eigenvalue weighted by Gasteiger charge is 2.16. The minimum Gasteiger partial charge on any atom is -0.755 e. The molecule has 0 saturated carbocycles. The van der Waals surface area contributed by atoms with Crippen LogP contribution in [0.25, 0.3) is 11.1 Å². The largest absolute Gasteiger partial charge is 0.755 e. The minimum absolute atomic E-state index is 0.116. The van der Waals surface area contributed by atoms with Crippen LogP contribution in [0.3, 0.4) is 0 Å². The first kappa shape index (κ1) is 21.4. The van der Waals surface area contributed by atoms with E-state index in [9.17, 15) is 18.7 Å². The van der Waals surface area contributed by atoms with Gasteiger partial charge in [0.05, 0.1) is 29.8 Å². The summed E-state index contributed by atoms with van der Waals surface area (Å²) in [5, 5.41) is 19.0.